The minimum Gasteiger partial charge on any atom is -0.324 e. The van der Waals surface area contributed by atoms with Crippen molar-refractivity contribution in [2.45, 2.75) is 46.1 Å². The highest BCUT2D eigenvalue weighted by molar-refractivity contribution is 6.32. The van der Waals surface area contributed by atoms with Crippen LogP contribution < -0.4 is 5.73 Å². The average Bonchev–Trinajstić information content (AvgIpc) is 2.30. The van der Waals surface area contributed by atoms with Gasteiger partial charge in [-0.1, -0.05) is 43.6 Å². The minimum atomic E-state index is 0.0857. The van der Waals surface area contributed by atoms with Crippen molar-refractivity contribution >= 4 is 11.6 Å². The van der Waals surface area contributed by atoms with Gasteiger partial charge in [-0.3, -0.25) is 0 Å². The molecule has 3 unspecified atom stereocenters. The Morgan fingerprint density at radius 1 is 1.17 bits per heavy atom. The van der Waals surface area contributed by atoms with Gasteiger partial charge in [0.1, 0.15) is 0 Å². The summed E-state index contributed by atoms with van der Waals surface area (Å²) in [6, 6.07) is 6.28. The molecule has 0 aromatic heterocycles. The molecule has 18 heavy (non-hydrogen) atoms. The lowest BCUT2D eigenvalue weighted by atomic mass is 9.72. The number of hydrogen-bond acceptors (Lipinski definition) is 1. The molecule has 1 aliphatic carbocycles. The zero-order valence-corrected chi connectivity index (χ0v) is 12.4. The van der Waals surface area contributed by atoms with Gasteiger partial charge in [0.15, 0.2) is 0 Å². The van der Waals surface area contributed by atoms with Crippen LogP contribution in [0.1, 0.15) is 50.3 Å². The van der Waals surface area contributed by atoms with Crippen molar-refractivity contribution in [1.82, 2.24) is 0 Å². The van der Waals surface area contributed by atoms with Crippen LogP contribution in [-0.2, 0) is 0 Å². The molecule has 1 fully saturated rings. The smallest absolute Gasteiger partial charge is 0.0483 e. The molecule has 1 nitrogen and oxygen atoms in total. The maximum absolute atomic E-state index is 6.48. The first kappa shape index (κ1) is 13.9. The van der Waals surface area contributed by atoms with E-state index in [1.807, 2.05) is 13.0 Å². The summed E-state index contributed by atoms with van der Waals surface area (Å²) in [5, 5.41) is 0.857. The number of aryl methyl sites for hydroxylation is 1. The molecule has 1 aromatic rings. The van der Waals surface area contributed by atoms with Gasteiger partial charge >= 0.3 is 0 Å². The van der Waals surface area contributed by atoms with Gasteiger partial charge in [-0.05, 0) is 55.1 Å². The first-order valence-corrected chi connectivity index (χ1v) is 7.37. The van der Waals surface area contributed by atoms with Gasteiger partial charge in [-0.15, -0.1) is 0 Å². The Morgan fingerprint density at radius 2 is 1.78 bits per heavy atom. The topological polar surface area (TPSA) is 26.0 Å². The second-order valence-corrected chi connectivity index (χ2v) is 6.56. The maximum Gasteiger partial charge on any atom is 0.0483 e. The third-order valence-corrected chi connectivity index (χ3v) is 4.82. The van der Waals surface area contributed by atoms with Crippen LogP contribution in [0.3, 0.4) is 0 Å². The Balaban J connectivity index is 2.20. The van der Waals surface area contributed by atoms with E-state index in [0.717, 1.165) is 28.0 Å². The largest absolute Gasteiger partial charge is 0.324 e. The van der Waals surface area contributed by atoms with Crippen LogP contribution in [0.4, 0.5) is 0 Å². The molecule has 0 saturated heterocycles. The van der Waals surface area contributed by atoms with E-state index >= 15 is 0 Å². The fourth-order valence-electron chi connectivity index (χ4n) is 3.48. The summed E-state index contributed by atoms with van der Waals surface area (Å²) in [5.41, 5.74) is 8.73. The van der Waals surface area contributed by atoms with E-state index in [9.17, 15) is 0 Å². The quantitative estimate of drug-likeness (QED) is 0.823. The average molecular weight is 266 g/mol. The number of halogens is 1. The van der Waals surface area contributed by atoms with Crippen molar-refractivity contribution in [3.05, 3.63) is 34.3 Å². The fourth-order valence-corrected chi connectivity index (χ4v) is 3.74. The van der Waals surface area contributed by atoms with Crippen LogP contribution in [0.5, 0.6) is 0 Å². The highest BCUT2D eigenvalue weighted by Crippen LogP contribution is 2.40. The van der Waals surface area contributed by atoms with Crippen LogP contribution in [0.15, 0.2) is 18.2 Å². The van der Waals surface area contributed by atoms with Crippen molar-refractivity contribution in [1.29, 1.82) is 0 Å². The highest BCUT2D eigenvalue weighted by atomic mass is 35.5. The third-order valence-electron chi connectivity index (χ3n) is 4.30. The molecule has 0 spiro atoms. The maximum atomic E-state index is 6.48. The van der Waals surface area contributed by atoms with Crippen molar-refractivity contribution in [2.75, 3.05) is 0 Å². The monoisotopic (exact) mass is 265 g/mol. The number of hydrogen-bond donors (Lipinski definition) is 1. The van der Waals surface area contributed by atoms with Crippen LogP contribution in [0.2, 0.25) is 5.02 Å². The van der Waals surface area contributed by atoms with Gasteiger partial charge in [0.2, 0.25) is 0 Å². The number of nitrogens with two attached hydrogens (primary N) is 1. The molecule has 0 amide bonds. The summed E-state index contributed by atoms with van der Waals surface area (Å²) in [6.07, 6.45) is 3.80. The summed E-state index contributed by atoms with van der Waals surface area (Å²) in [7, 11) is 0. The standard InChI is InChI=1S/C16H24ClN/c1-10-7-11(2)9-13(8-10)16(18)14-6-4-5-12(3)15(14)17/h4-6,10-11,13,16H,7-9,18H2,1-3H3. The van der Waals surface area contributed by atoms with E-state index in [-0.39, 0.29) is 6.04 Å². The predicted molar refractivity (Wildman–Crippen MR) is 78.8 cm³/mol. The molecule has 2 N–H and O–H groups in total. The second-order valence-electron chi connectivity index (χ2n) is 6.18. The lowest BCUT2D eigenvalue weighted by Gasteiger charge is -2.35. The van der Waals surface area contributed by atoms with Crippen LogP contribution in [0.25, 0.3) is 0 Å². The van der Waals surface area contributed by atoms with Crippen LogP contribution in [0, 0.1) is 24.7 Å². The van der Waals surface area contributed by atoms with Gasteiger partial charge in [-0.2, -0.15) is 0 Å². The molecule has 0 heterocycles. The van der Waals surface area contributed by atoms with Crippen molar-refractivity contribution in [3.8, 4) is 0 Å². The fraction of sp³-hybridized carbons (Fsp3) is 0.625. The summed E-state index contributed by atoms with van der Waals surface area (Å²) in [4.78, 5) is 0. The summed E-state index contributed by atoms with van der Waals surface area (Å²) in [6.45, 7) is 6.73. The molecular weight excluding hydrogens is 242 g/mol. The van der Waals surface area contributed by atoms with Crippen LogP contribution >= 0.6 is 11.6 Å². The van der Waals surface area contributed by atoms with Gasteiger partial charge in [0.25, 0.3) is 0 Å². The van der Waals surface area contributed by atoms with Crippen molar-refractivity contribution < 1.29 is 0 Å². The summed E-state index contributed by atoms with van der Waals surface area (Å²) >= 11 is 6.40. The van der Waals surface area contributed by atoms with Crippen molar-refractivity contribution in [3.63, 3.8) is 0 Å². The molecular formula is C16H24ClN. The molecule has 0 radical (unpaired) electrons. The summed E-state index contributed by atoms with van der Waals surface area (Å²) < 4.78 is 0. The molecule has 3 atom stereocenters. The Hall–Kier alpha value is -0.530. The van der Waals surface area contributed by atoms with E-state index < -0.39 is 0 Å². The third kappa shape index (κ3) is 2.89. The Labute approximate surface area is 116 Å². The predicted octanol–water partition coefficient (Wildman–Crippen LogP) is 4.72. The number of rotatable bonds is 2. The van der Waals surface area contributed by atoms with Gasteiger partial charge in [0, 0.05) is 11.1 Å². The molecule has 100 valence electrons. The highest BCUT2D eigenvalue weighted by Gasteiger charge is 2.29. The van der Waals surface area contributed by atoms with E-state index in [0.29, 0.717) is 5.92 Å². The van der Waals surface area contributed by atoms with Gasteiger partial charge in [0.05, 0.1) is 0 Å². The first-order valence-electron chi connectivity index (χ1n) is 6.99. The molecule has 2 heteroatoms. The second kappa shape index (κ2) is 5.63. The van der Waals surface area contributed by atoms with Gasteiger partial charge in [-0.25, -0.2) is 0 Å². The summed E-state index contributed by atoms with van der Waals surface area (Å²) in [5.74, 6) is 2.14. The first-order chi connectivity index (χ1) is 8.49. The molecule has 1 saturated carbocycles. The lowest BCUT2D eigenvalue weighted by molar-refractivity contribution is 0.193. The molecule has 1 aromatic carbocycles. The van der Waals surface area contributed by atoms with Crippen molar-refractivity contribution in [2.24, 2.45) is 23.5 Å². The molecule has 0 aliphatic heterocycles. The molecule has 0 bridgehead atoms. The van der Waals surface area contributed by atoms with E-state index in [2.05, 4.69) is 26.0 Å². The molecule has 2 rings (SSSR count). The Kier molecular flexibility index (Phi) is 4.34. The zero-order valence-electron chi connectivity index (χ0n) is 11.6. The lowest BCUT2D eigenvalue weighted by Crippen LogP contribution is -2.29. The SMILES string of the molecule is Cc1cccc(C(N)C2CC(C)CC(C)C2)c1Cl. The van der Waals surface area contributed by atoms with Gasteiger partial charge < -0.3 is 5.73 Å². The number of benzene rings is 1. The Bertz CT molecular complexity index is 406. The molecule has 1 aliphatic rings. The normalized spacial score (nSPS) is 30.2. The van der Waals surface area contributed by atoms with E-state index in [4.69, 9.17) is 17.3 Å². The Morgan fingerprint density at radius 3 is 2.39 bits per heavy atom. The zero-order chi connectivity index (χ0) is 13.3. The van der Waals surface area contributed by atoms with E-state index in [1.54, 1.807) is 0 Å². The minimum absolute atomic E-state index is 0.0857. The van der Waals surface area contributed by atoms with E-state index in [1.165, 1.54) is 19.3 Å². The van der Waals surface area contributed by atoms with Crippen LogP contribution in [-0.4, -0.2) is 0 Å².